The highest BCUT2D eigenvalue weighted by molar-refractivity contribution is 5.92. The van der Waals surface area contributed by atoms with E-state index in [0.717, 1.165) is 11.4 Å². The number of anilines is 1. The quantitative estimate of drug-likeness (QED) is 0.711. The van der Waals surface area contributed by atoms with Gasteiger partial charge in [0.15, 0.2) is 5.82 Å². The SMILES string of the molecule is Cc1noc(-c2cccnc2N2CCN(C(=O)c3ccccn3)CC2)n1. The van der Waals surface area contributed by atoms with Gasteiger partial charge >= 0.3 is 0 Å². The fourth-order valence-electron chi connectivity index (χ4n) is 2.99. The van der Waals surface area contributed by atoms with Gasteiger partial charge in [0.2, 0.25) is 0 Å². The molecule has 0 unspecified atom stereocenters. The number of hydrogen-bond acceptors (Lipinski definition) is 7. The molecule has 0 N–H and O–H groups in total. The standard InChI is InChI=1S/C18H18N6O2/c1-13-21-17(26-22-13)14-5-4-8-20-16(14)23-9-11-24(12-10-23)18(25)15-6-2-3-7-19-15/h2-8H,9-12H2,1H3. The first-order valence-corrected chi connectivity index (χ1v) is 8.43. The molecule has 1 aliphatic heterocycles. The summed E-state index contributed by atoms with van der Waals surface area (Å²) < 4.78 is 5.30. The summed E-state index contributed by atoms with van der Waals surface area (Å²) in [6.07, 6.45) is 3.38. The summed E-state index contributed by atoms with van der Waals surface area (Å²) in [5, 5.41) is 3.86. The lowest BCUT2D eigenvalue weighted by Crippen LogP contribution is -2.49. The van der Waals surface area contributed by atoms with E-state index in [0.29, 0.717) is 43.6 Å². The molecule has 0 saturated carbocycles. The van der Waals surface area contributed by atoms with Crippen molar-refractivity contribution in [1.82, 2.24) is 25.0 Å². The number of carbonyl (C=O) groups excluding carboxylic acids is 1. The molecule has 26 heavy (non-hydrogen) atoms. The van der Waals surface area contributed by atoms with Gasteiger partial charge in [-0.3, -0.25) is 9.78 Å². The number of amides is 1. The number of rotatable bonds is 3. The molecule has 0 aliphatic carbocycles. The average molecular weight is 350 g/mol. The monoisotopic (exact) mass is 350 g/mol. The second-order valence-electron chi connectivity index (χ2n) is 6.02. The van der Waals surface area contributed by atoms with E-state index in [9.17, 15) is 4.79 Å². The van der Waals surface area contributed by atoms with Gasteiger partial charge in [0, 0.05) is 38.6 Å². The zero-order chi connectivity index (χ0) is 17.9. The van der Waals surface area contributed by atoms with Crippen LogP contribution in [-0.2, 0) is 0 Å². The second kappa shape index (κ2) is 6.91. The zero-order valence-electron chi connectivity index (χ0n) is 14.4. The Labute approximate surface area is 150 Å². The van der Waals surface area contributed by atoms with Crippen LogP contribution >= 0.6 is 0 Å². The Morgan fingerprint density at radius 2 is 1.85 bits per heavy atom. The maximum Gasteiger partial charge on any atom is 0.272 e. The summed E-state index contributed by atoms with van der Waals surface area (Å²) in [4.78, 5) is 29.4. The molecule has 0 radical (unpaired) electrons. The van der Waals surface area contributed by atoms with Crippen LogP contribution in [0.2, 0.25) is 0 Å². The Kier molecular flexibility index (Phi) is 4.30. The molecule has 0 atom stereocenters. The number of piperazine rings is 1. The number of nitrogens with zero attached hydrogens (tertiary/aromatic N) is 6. The summed E-state index contributed by atoms with van der Waals surface area (Å²) in [6, 6.07) is 9.13. The molecule has 1 fully saturated rings. The Hall–Kier alpha value is -3.29. The van der Waals surface area contributed by atoms with E-state index < -0.39 is 0 Å². The van der Waals surface area contributed by atoms with Crippen molar-refractivity contribution in [1.29, 1.82) is 0 Å². The molecule has 0 bridgehead atoms. The topological polar surface area (TPSA) is 88.3 Å². The molecule has 1 aliphatic rings. The third-order valence-corrected chi connectivity index (χ3v) is 4.30. The Bertz CT molecular complexity index is 903. The van der Waals surface area contributed by atoms with Crippen LogP contribution in [0, 0.1) is 6.92 Å². The van der Waals surface area contributed by atoms with Crippen molar-refractivity contribution in [2.75, 3.05) is 31.1 Å². The van der Waals surface area contributed by atoms with Crippen molar-refractivity contribution < 1.29 is 9.32 Å². The van der Waals surface area contributed by atoms with Gasteiger partial charge in [0.1, 0.15) is 11.5 Å². The van der Waals surface area contributed by atoms with Crippen molar-refractivity contribution in [3.05, 3.63) is 54.2 Å². The molecule has 1 amide bonds. The minimum absolute atomic E-state index is 0.0426. The Morgan fingerprint density at radius 1 is 1.04 bits per heavy atom. The smallest absolute Gasteiger partial charge is 0.272 e. The molecular formula is C18H18N6O2. The highest BCUT2D eigenvalue weighted by Gasteiger charge is 2.25. The van der Waals surface area contributed by atoms with E-state index in [1.807, 2.05) is 23.1 Å². The van der Waals surface area contributed by atoms with Gasteiger partial charge in [-0.15, -0.1) is 0 Å². The minimum atomic E-state index is -0.0426. The molecule has 4 heterocycles. The molecule has 3 aromatic rings. The van der Waals surface area contributed by atoms with E-state index in [2.05, 4.69) is 25.0 Å². The van der Waals surface area contributed by atoms with E-state index in [1.165, 1.54) is 0 Å². The minimum Gasteiger partial charge on any atom is -0.352 e. The van der Waals surface area contributed by atoms with Gasteiger partial charge < -0.3 is 14.3 Å². The maximum atomic E-state index is 12.5. The van der Waals surface area contributed by atoms with E-state index in [1.54, 1.807) is 31.5 Å². The summed E-state index contributed by atoms with van der Waals surface area (Å²) in [7, 11) is 0. The normalized spacial score (nSPS) is 14.5. The third kappa shape index (κ3) is 3.13. The highest BCUT2D eigenvalue weighted by atomic mass is 16.5. The third-order valence-electron chi connectivity index (χ3n) is 4.30. The predicted molar refractivity (Wildman–Crippen MR) is 94.6 cm³/mol. The van der Waals surface area contributed by atoms with Gasteiger partial charge in [-0.2, -0.15) is 4.98 Å². The number of carbonyl (C=O) groups is 1. The maximum absolute atomic E-state index is 12.5. The zero-order valence-corrected chi connectivity index (χ0v) is 14.4. The van der Waals surface area contributed by atoms with Crippen molar-refractivity contribution >= 4 is 11.7 Å². The lowest BCUT2D eigenvalue weighted by molar-refractivity contribution is 0.0740. The summed E-state index contributed by atoms with van der Waals surface area (Å²) in [5.41, 5.74) is 1.28. The predicted octanol–water partition coefficient (Wildman–Crippen LogP) is 1.80. The first-order chi connectivity index (χ1) is 12.7. The second-order valence-corrected chi connectivity index (χ2v) is 6.02. The van der Waals surface area contributed by atoms with Gasteiger partial charge in [0.25, 0.3) is 11.8 Å². The molecule has 8 heteroatoms. The largest absolute Gasteiger partial charge is 0.352 e. The van der Waals surface area contributed by atoms with Crippen LogP contribution in [-0.4, -0.2) is 57.1 Å². The fourth-order valence-corrected chi connectivity index (χ4v) is 2.99. The molecule has 4 rings (SSSR count). The lowest BCUT2D eigenvalue weighted by Gasteiger charge is -2.35. The molecule has 8 nitrogen and oxygen atoms in total. The van der Waals surface area contributed by atoms with E-state index in [-0.39, 0.29) is 5.91 Å². The Balaban J connectivity index is 1.50. The van der Waals surface area contributed by atoms with Crippen LogP contribution in [0.15, 0.2) is 47.2 Å². The first-order valence-electron chi connectivity index (χ1n) is 8.43. The molecule has 132 valence electrons. The van der Waals surface area contributed by atoms with Gasteiger partial charge in [-0.25, -0.2) is 4.98 Å². The van der Waals surface area contributed by atoms with Crippen LogP contribution in [0.1, 0.15) is 16.3 Å². The molecule has 0 spiro atoms. The van der Waals surface area contributed by atoms with Crippen molar-refractivity contribution in [3.8, 4) is 11.5 Å². The molecule has 3 aromatic heterocycles. The van der Waals surface area contributed by atoms with Crippen LogP contribution in [0.5, 0.6) is 0 Å². The summed E-state index contributed by atoms with van der Waals surface area (Å²) >= 11 is 0. The molecular weight excluding hydrogens is 332 g/mol. The van der Waals surface area contributed by atoms with Crippen molar-refractivity contribution in [2.24, 2.45) is 0 Å². The van der Waals surface area contributed by atoms with Crippen LogP contribution in [0.25, 0.3) is 11.5 Å². The van der Waals surface area contributed by atoms with Gasteiger partial charge in [-0.05, 0) is 31.2 Å². The van der Waals surface area contributed by atoms with Crippen LogP contribution in [0.3, 0.4) is 0 Å². The molecule has 0 aromatic carbocycles. The van der Waals surface area contributed by atoms with E-state index in [4.69, 9.17) is 4.52 Å². The van der Waals surface area contributed by atoms with Gasteiger partial charge in [0.05, 0.1) is 5.56 Å². The van der Waals surface area contributed by atoms with Crippen molar-refractivity contribution in [3.63, 3.8) is 0 Å². The number of aryl methyl sites for hydroxylation is 1. The highest BCUT2D eigenvalue weighted by Crippen LogP contribution is 2.28. The summed E-state index contributed by atoms with van der Waals surface area (Å²) in [6.45, 7) is 4.35. The number of pyridine rings is 2. The summed E-state index contributed by atoms with van der Waals surface area (Å²) in [5.74, 6) is 1.79. The van der Waals surface area contributed by atoms with Crippen LogP contribution < -0.4 is 4.90 Å². The average Bonchev–Trinajstić information content (AvgIpc) is 3.14. The lowest BCUT2D eigenvalue weighted by atomic mass is 10.2. The Morgan fingerprint density at radius 3 is 2.54 bits per heavy atom. The van der Waals surface area contributed by atoms with Crippen molar-refractivity contribution in [2.45, 2.75) is 6.92 Å². The fraction of sp³-hybridized carbons (Fsp3) is 0.278. The van der Waals surface area contributed by atoms with E-state index >= 15 is 0 Å². The number of aromatic nitrogens is 4. The molecule has 1 saturated heterocycles. The van der Waals surface area contributed by atoms with Gasteiger partial charge in [-0.1, -0.05) is 11.2 Å². The first kappa shape index (κ1) is 16.2. The van der Waals surface area contributed by atoms with Crippen LogP contribution in [0.4, 0.5) is 5.82 Å². The number of hydrogen-bond donors (Lipinski definition) is 0.